The van der Waals surface area contributed by atoms with E-state index in [9.17, 15) is 25.2 Å². The van der Waals surface area contributed by atoms with Crippen molar-refractivity contribution < 1.29 is 29.8 Å². The first-order valence-corrected chi connectivity index (χ1v) is 5.33. The van der Waals surface area contributed by atoms with Crippen molar-refractivity contribution in [2.75, 3.05) is 27.8 Å². The summed E-state index contributed by atoms with van der Waals surface area (Å²) < 4.78 is 61.1. The molecule has 0 N–H and O–H groups in total. The van der Waals surface area contributed by atoms with Crippen molar-refractivity contribution in [1.82, 2.24) is 4.90 Å². The fourth-order valence-electron chi connectivity index (χ4n) is 0.483. The van der Waals surface area contributed by atoms with Crippen LogP contribution >= 0.6 is 7.81 Å². The van der Waals surface area contributed by atoms with Crippen LogP contribution in [0.15, 0.2) is 0 Å². The average Bonchev–Trinajstić information content (AvgIpc) is 1.46. The molecule has 0 rings (SSSR count). The summed E-state index contributed by atoms with van der Waals surface area (Å²) in [4.78, 5) is 2.06. The predicted octanol–water partition coefficient (Wildman–Crippen LogP) is 3.23. The summed E-state index contributed by atoms with van der Waals surface area (Å²) in [6.07, 6.45) is 0. The van der Waals surface area contributed by atoms with Crippen molar-refractivity contribution >= 4 is 14.5 Å². The maximum atomic E-state index is 9.87. The Labute approximate surface area is 78.1 Å². The van der Waals surface area contributed by atoms with E-state index in [1.165, 1.54) is 0 Å². The second-order valence-corrected chi connectivity index (χ2v) is 4.95. The van der Waals surface area contributed by atoms with E-state index in [1.807, 2.05) is 25.7 Å². The van der Waals surface area contributed by atoms with Crippen molar-refractivity contribution in [2.24, 2.45) is 0 Å². The molecular formula is C5H13F6N2P. The van der Waals surface area contributed by atoms with Gasteiger partial charge in [0.25, 0.3) is 0 Å². The van der Waals surface area contributed by atoms with Crippen LogP contribution < -0.4 is 0 Å². The Morgan fingerprint density at radius 2 is 1.29 bits per heavy atom. The zero-order valence-electron chi connectivity index (χ0n) is 8.02. The second-order valence-electron chi connectivity index (χ2n) is 3.04. The summed E-state index contributed by atoms with van der Waals surface area (Å²) in [5.74, 6) is 0. The third kappa shape index (κ3) is 99.5. The number of nitrogens with zero attached hydrogens (tertiary/aromatic N) is 2. The van der Waals surface area contributed by atoms with E-state index in [1.54, 1.807) is 0 Å². The molecule has 0 aromatic heterocycles. The zero-order chi connectivity index (χ0) is 12.3. The van der Waals surface area contributed by atoms with Crippen LogP contribution in [-0.4, -0.2) is 44.0 Å². The van der Waals surface area contributed by atoms with Crippen LogP contribution in [0.1, 0.15) is 0 Å². The molecule has 9 heteroatoms. The van der Waals surface area contributed by atoms with Crippen LogP contribution in [-0.2, 0) is 0 Å². The Bertz CT molecular complexity index is 192. The first-order chi connectivity index (χ1) is 5.58. The molecule has 0 unspecified atom stereocenters. The van der Waals surface area contributed by atoms with Crippen LogP contribution in [0.25, 0.3) is 0 Å². The molecule has 0 saturated carbocycles. The Morgan fingerprint density at radius 1 is 1.07 bits per heavy atom. The minimum absolute atomic E-state index is 0.917. The molecule has 0 atom stereocenters. The van der Waals surface area contributed by atoms with Crippen LogP contribution in [0.2, 0.25) is 0 Å². The molecule has 0 amide bonds. The summed E-state index contributed by atoms with van der Waals surface area (Å²) >= 11 is 0. The van der Waals surface area contributed by atoms with Crippen LogP contribution in [0.3, 0.4) is 0 Å². The number of rotatable bonds is 2. The first kappa shape index (κ1) is 16.1. The molecular weight excluding hydrogens is 233 g/mol. The van der Waals surface area contributed by atoms with Crippen molar-refractivity contribution in [3.8, 4) is 0 Å². The molecule has 0 aromatic rings. The zero-order valence-corrected chi connectivity index (χ0v) is 8.92. The third-order valence-electron chi connectivity index (χ3n) is 0.524. The van der Waals surface area contributed by atoms with Crippen molar-refractivity contribution in [3.05, 3.63) is 0 Å². The molecule has 0 aliphatic heterocycles. The Kier molecular flexibility index (Phi) is 4.20. The summed E-state index contributed by atoms with van der Waals surface area (Å²) in [7, 11) is -4.68. The van der Waals surface area contributed by atoms with E-state index in [0.717, 1.165) is 6.67 Å². The van der Waals surface area contributed by atoms with Gasteiger partial charge in [-0.2, -0.15) is 0 Å². The van der Waals surface area contributed by atoms with E-state index in [2.05, 4.69) is 11.6 Å². The van der Waals surface area contributed by atoms with Crippen molar-refractivity contribution in [3.63, 3.8) is 0 Å². The summed E-state index contributed by atoms with van der Waals surface area (Å²) in [6.45, 7) is 4.59. The van der Waals surface area contributed by atoms with Gasteiger partial charge in [0.15, 0.2) is 6.67 Å². The monoisotopic (exact) mass is 246 g/mol. The normalized spacial score (nSPS) is 16.4. The molecule has 0 fully saturated rings. The summed E-state index contributed by atoms with van der Waals surface area (Å²) in [5, 5.41) is 0. The fraction of sp³-hybridized carbons (Fsp3) is 0.800. The molecule has 0 radical (unpaired) electrons. The molecule has 90 valence electrons. The molecule has 0 aliphatic rings. The van der Waals surface area contributed by atoms with Gasteiger partial charge in [0.05, 0.1) is 0 Å². The molecule has 0 heterocycles. The van der Waals surface area contributed by atoms with E-state index in [4.69, 9.17) is 0 Å². The van der Waals surface area contributed by atoms with Crippen LogP contribution in [0.5, 0.6) is 0 Å². The predicted molar refractivity (Wildman–Crippen MR) is 45.4 cm³/mol. The standard InChI is InChI=1S/C5H13N2.F6P/c1-6(2)5-7(3)4;1-7(2,3,4,5)6/h1,5H2,2-4H3;/q+1;-1. The molecule has 14 heavy (non-hydrogen) atoms. The van der Waals surface area contributed by atoms with Gasteiger partial charge in [-0.3, -0.25) is 4.90 Å². The van der Waals surface area contributed by atoms with Gasteiger partial charge in [-0.1, -0.05) is 0 Å². The summed E-state index contributed by atoms with van der Waals surface area (Å²) in [5.41, 5.74) is 0. The number of hydrogen-bond donors (Lipinski definition) is 0. The van der Waals surface area contributed by atoms with E-state index in [-0.39, 0.29) is 0 Å². The Morgan fingerprint density at radius 3 is 1.29 bits per heavy atom. The quantitative estimate of drug-likeness (QED) is 0.238. The topological polar surface area (TPSA) is 6.25 Å². The fourth-order valence-corrected chi connectivity index (χ4v) is 0.483. The number of halogens is 6. The average molecular weight is 246 g/mol. The van der Waals surface area contributed by atoms with Crippen LogP contribution in [0.4, 0.5) is 25.2 Å². The molecule has 0 bridgehead atoms. The van der Waals surface area contributed by atoms with Gasteiger partial charge in [-0.05, 0) is 14.1 Å². The first-order valence-electron chi connectivity index (χ1n) is 3.30. The summed E-state index contributed by atoms with van der Waals surface area (Å²) in [6, 6.07) is 0. The Balaban J connectivity index is 0. The third-order valence-corrected chi connectivity index (χ3v) is 0.524. The van der Waals surface area contributed by atoms with E-state index >= 15 is 0 Å². The molecule has 2 nitrogen and oxygen atoms in total. The molecule has 0 saturated heterocycles. The van der Waals surface area contributed by atoms with Gasteiger partial charge in [0.1, 0.15) is 13.8 Å². The van der Waals surface area contributed by atoms with Crippen LogP contribution in [0, 0.1) is 0 Å². The second kappa shape index (κ2) is 3.66. The minimum atomic E-state index is -10.7. The molecule has 0 spiro atoms. The van der Waals surface area contributed by atoms with Crippen molar-refractivity contribution in [1.29, 1.82) is 0 Å². The van der Waals surface area contributed by atoms with Gasteiger partial charge in [-0.25, -0.2) is 4.58 Å². The molecule has 0 aliphatic carbocycles. The van der Waals surface area contributed by atoms with Gasteiger partial charge in [0.2, 0.25) is 0 Å². The van der Waals surface area contributed by atoms with Gasteiger partial charge in [0, 0.05) is 0 Å². The van der Waals surface area contributed by atoms with Gasteiger partial charge in [-0.15, -0.1) is 0 Å². The number of hydrogen-bond acceptors (Lipinski definition) is 1. The maximum absolute atomic E-state index is 10.7. The van der Waals surface area contributed by atoms with Gasteiger partial charge < -0.3 is 0 Å². The Hall–Kier alpha value is -0.360. The van der Waals surface area contributed by atoms with Gasteiger partial charge >= 0.3 is 33.0 Å². The van der Waals surface area contributed by atoms with E-state index in [0.29, 0.717) is 0 Å². The SMILES string of the molecule is C=[N+](C)CN(C)C.F[P-](F)(F)(F)(F)F. The molecule has 0 aromatic carbocycles. The van der Waals surface area contributed by atoms with E-state index < -0.39 is 7.81 Å². The van der Waals surface area contributed by atoms with Crippen molar-refractivity contribution in [2.45, 2.75) is 0 Å².